The summed E-state index contributed by atoms with van der Waals surface area (Å²) in [5.74, 6) is -0.0147. The number of nitrogen functional groups attached to an aromatic ring is 1. The minimum atomic E-state index is -0.0147. The van der Waals surface area contributed by atoms with Crippen molar-refractivity contribution in [2.45, 2.75) is 20.4 Å². The fourth-order valence-corrected chi connectivity index (χ4v) is 2.73. The lowest BCUT2D eigenvalue weighted by Gasteiger charge is -2.19. The predicted octanol–water partition coefficient (Wildman–Crippen LogP) is 3.92. The zero-order valence-electron chi connectivity index (χ0n) is 12.5. The quantitative estimate of drug-likeness (QED) is 0.856. The Labute approximate surface area is 133 Å². The third-order valence-electron chi connectivity index (χ3n) is 3.50. The molecule has 0 saturated heterocycles. The molecule has 0 aliphatic heterocycles. The Morgan fingerprint density at radius 1 is 1.19 bits per heavy atom. The summed E-state index contributed by atoms with van der Waals surface area (Å²) < 4.78 is 1.01. The van der Waals surface area contributed by atoms with Crippen LogP contribution in [0.1, 0.15) is 27.0 Å². The fraction of sp³-hybridized carbons (Fsp3) is 0.235. The largest absolute Gasteiger partial charge is 0.398 e. The maximum absolute atomic E-state index is 12.6. The number of nitrogens with zero attached hydrogens (tertiary/aromatic N) is 1. The first kappa shape index (κ1) is 15.6. The van der Waals surface area contributed by atoms with Crippen molar-refractivity contribution < 1.29 is 4.79 Å². The van der Waals surface area contributed by atoms with E-state index in [1.165, 1.54) is 0 Å². The topological polar surface area (TPSA) is 46.3 Å². The second-order valence-electron chi connectivity index (χ2n) is 5.31. The Hall–Kier alpha value is -1.81. The molecule has 2 rings (SSSR count). The normalized spacial score (nSPS) is 10.5. The summed E-state index contributed by atoms with van der Waals surface area (Å²) in [7, 11) is 1.80. The van der Waals surface area contributed by atoms with Gasteiger partial charge in [0.15, 0.2) is 0 Å². The first-order valence-electron chi connectivity index (χ1n) is 6.75. The molecule has 2 aromatic carbocycles. The average Bonchev–Trinajstić information content (AvgIpc) is 2.42. The highest BCUT2D eigenvalue weighted by molar-refractivity contribution is 9.10. The molecule has 0 bridgehead atoms. The van der Waals surface area contributed by atoms with E-state index in [1.807, 2.05) is 44.2 Å². The molecule has 0 aliphatic carbocycles. The van der Waals surface area contributed by atoms with Crippen LogP contribution in [0.3, 0.4) is 0 Å². The Kier molecular flexibility index (Phi) is 4.68. The van der Waals surface area contributed by atoms with E-state index in [4.69, 9.17) is 5.73 Å². The van der Waals surface area contributed by atoms with Crippen molar-refractivity contribution in [2.75, 3.05) is 12.8 Å². The van der Waals surface area contributed by atoms with Crippen LogP contribution in [0.5, 0.6) is 0 Å². The molecule has 0 fully saturated rings. The van der Waals surface area contributed by atoms with Crippen molar-refractivity contribution in [3.8, 4) is 0 Å². The standard InChI is InChI=1S/C17H19BrN2O/c1-11-7-12(2)16(19)9-15(11)17(21)20(3)10-13-5-4-6-14(18)8-13/h4-9H,10,19H2,1-3H3. The zero-order valence-corrected chi connectivity index (χ0v) is 14.1. The van der Waals surface area contributed by atoms with E-state index in [0.29, 0.717) is 17.8 Å². The molecule has 3 nitrogen and oxygen atoms in total. The Morgan fingerprint density at radius 3 is 2.57 bits per heavy atom. The van der Waals surface area contributed by atoms with E-state index < -0.39 is 0 Å². The minimum Gasteiger partial charge on any atom is -0.398 e. The monoisotopic (exact) mass is 346 g/mol. The highest BCUT2D eigenvalue weighted by Gasteiger charge is 2.15. The Balaban J connectivity index is 2.22. The van der Waals surface area contributed by atoms with Gasteiger partial charge < -0.3 is 10.6 Å². The molecular weight excluding hydrogens is 328 g/mol. The molecule has 0 spiro atoms. The first-order valence-corrected chi connectivity index (χ1v) is 7.54. The van der Waals surface area contributed by atoms with Gasteiger partial charge in [-0.1, -0.05) is 34.1 Å². The smallest absolute Gasteiger partial charge is 0.254 e. The first-order chi connectivity index (χ1) is 9.88. The molecular formula is C17H19BrN2O. The van der Waals surface area contributed by atoms with Crippen LogP contribution in [-0.2, 0) is 6.54 Å². The number of carbonyl (C=O) groups excluding carboxylic acids is 1. The molecule has 21 heavy (non-hydrogen) atoms. The molecule has 0 radical (unpaired) electrons. The third kappa shape index (κ3) is 3.64. The highest BCUT2D eigenvalue weighted by Crippen LogP contribution is 2.20. The lowest BCUT2D eigenvalue weighted by molar-refractivity contribution is 0.0784. The summed E-state index contributed by atoms with van der Waals surface area (Å²) in [6.07, 6.45) is 0. The number of hydrogen-bond acceptors (Lipinski definition) is 2. The maximum atomic E-state index is 12.6. The second kappa shape index (κ2) is 6.31. The summed E-state index contributed by atoms with van der Waals surface area (Å²) in [6.45, 7) is 4.44. The van der Waals surface area contributed by atoms with Crippen molar-refractivity contribution in [2.24, 2.45) is 0 Å². The van der Waals surface area contributed by atoms with Gasteiger partial charge in [-0.15, -0.1) is 0 Å². The van der Waals surface area contributed by atoms with Gasteiger partial charge in [-0.05, 0) is 48.7 Å². The number of halogens is 1. The van der Waals surface area contributed by atoms with Crippen molar-refractivity contribution >= 4 is 27.5 Å². The van der Waals surface area contributed by atoms with Crippen LogP contribution in [0.2, 0.25) is 0 Å². The van der Waals surface area contributed by atoms with Crippen LogP contribution < -0.4 is 5.73 Å². The molecule has 2 aromatic rings. The van der Waals surface area contributed by atoms with Gasteiger partial charge in [-0.25, -0.2) is 0 Å². The van der Waals surface area contributed by atoms with Crippen molar-refractivity contribution in [1.82, 2.24) is 4.90 Å². The van der Waals surface area contributed by atoms with E-state index in [2.05, 4.69) is 15.9 Å². The van der Waals surface area contributed by atoms with Crippen molar-refractivity contribution in [3.05, 3.63) is 63.1 Å². The molecule has 110 valence electrons. The lowest BCUT2D eigenvalue weighted by Crippen LogP contribution is -2.27. The number of aryl methyl sites for hydroxylation is 2. The van der Waals surface area contributed by atoms with E-state index in [1.54, 1.807) is 18.0 Å². The number of nitrogens with two attached hydrogens (primary N) is 1. The van der Waals surface area contributed by atoms with Crippen molar-refractivity contribution in [3.63, 3.8) is 0 Å². The molecule has 4 heteroatoms. The van der Waals surface area contributed by atoms with Gasteiger partial charge in [0, 0.05) is 29.3 Å². The van der Waals surface area contributed by atoms with Crippen LogP contribution in [-0.4, -0.2) is 17.9 Å². The number of carbonyl (C=O) groups is 1. The van der Waals surface area contributed by atoms with E-state index >= 15 is 0 Å². The molecule has 1 amide bonds. The second-order valence-corrected chi connectivity index (χ2v) is 6.23. The van der Waals surface area contributed by atoms with E-state index in [-0.39, 0.29) is 5.91 Å². The number of rotatable bonds is 3. The lowest BCUT2D eigenvalue weighted by atomic mass is 10.0. The predicted molar refractivity (Wildman–Crippen MR) is 90.3 cm³/mol. The number of anilines is 1. The van der Waals surface area contributed by atoms with E-state index in [9.17, 15) is 4.79 Å². The molecule has 0 heterocycles. The Bertz CT molecular complexity index is 682. The molecule has 2 N–H and O–H groups in total. The van der Waals surface area contributed by atoms with Gasteiger partial charge >= 0.3 is 0 Å². The summed E-state index contributed by atoms with van der Waals surface area (Å²) in [5, 5.41) is 0. The van der Waals surface area contributed by atoms with Gasteiger partial charge in [0.1, 0.15) is 0 Å². The highest BCUT2D eigenvalue weighted by atomic mass is 79.9. The minimum absolute atomic E-state index is 0.0147. The molecule has 0 unspecified atom stereocenters. The van der Waals surface area contributed by atoms with Crippen LogP contribution in [0.15, 0.2) is 40.9 Å². The molecule has 0 aliphatic rings. The average molecular weight is 347 g/mol. The van der Waals surface area contributed by atoms with Crippen molar-refractivity contribution in [1.29, 1.82) is 0 Å². The van der Waals surface area contributed by atoms with Gasteiger partial charge in [0.2, 0.25) is 0 Å². The van der Waals surface area contributed by atoms with Crippen LogP contribution >= 0.6 is 15.9 Å². The zero-order chi connectivity index (χ0) is 15.6. The SMILES string of the molecule is Cc1cc(C)c(C(=O)N(C)Cc2cccc(Br)c2)cc1N. The molecule has 0 aromatic heterocycles. The summed E-state index contributed by atoms with van der Waals surface area (Å²) in [4.78, 5) is 14.3. The van der Waals surface area contributed by atoms with Gasteiger partial charge in [-0.3, -0.25) is 4.79 Å². The summed E-state index contributed by atoms with van der Waals surface area (Å²) in [6, 6.07) is 11.7. The third-order valence-corrected chi connectivity index (χ3v) is 3.99. The van der Waals surface area contributed by atoms with E-state index in [0.717, 1.165) is 21.2 Å². The van der Waals surface area contributed by atoms with Crippen LogP contribution in [0.25, 0.3) is 0 Å². The number of amides is 1. The maximum Gasteiger partial charge on any atom is 0.254 e. The summed E-state index contributed by atoms with van der Waals surface area (Å²) in [5.41, 5.74) is 10.3. The number of benzene rings is 2. The Morgan fingerprint density at radius 2 is 1.90 bits per heavy atom. The van der Waals surface area contributed by atoms with Crippen LogP contribution in [0.4, 0.5) is 5.69 Å². The fourth-order valence-electron chi connectivity index (χ4n) is 2.29. The molecule has 0 saturated carbocycles. The summed E-state index contributed by atoms with van der Waals surface area (Å²) >= 11 is 3.44. The number of hydrogen-bond donors (Lipinski definition) is 1. The van der Waals surface area contributed by atoms with Gasteiger partial charge in [-0.2, -0.15) is 0 Å². The van der Waals surface area contributed by atoms with Crippen LogP contribution in [0, 0.1) is 13.8 Å². The molecule has 0 atom stereocenters. The van der Waals surface area contributed by atoms with Gasteiger partial charge in [0.25, 0.3) is 5.91 Å². The van der Waals surface area contributed by atoms with Gasteiger partial charge in [0.05, 0.1) is 0 Å².